The molecule has 1 spiro atoms. The van der Waals surface area contributed by atoms with E-state index in [0.29, 0.717) is 44.8 Å². The Morgan fingerprint density at radius 2 is 1.94 bits per heavy atom. The Balaban J connectivity index is 1.37. The van der Waals surface area contributed by atoms with Crippen LogP contribution in [0.5, 0.6) is 0 Å². The molecule has 3 fully saturated rings. The van der Waals surface area contributed by atoms with E-state index in [-0.39, 0.29) is 24.3 Å². The zero-order chi connectivity index (χ0) is 23.8. The van der Waals surface area contributed by atoms with Crippen LogP contribution in [0.15, 0.2) is 18.3 Å². The second-order valence-electron chi connectivity index (χ2n) is 9.06. The van der Waals surface area contributed by atoms with E-state index in [4.69, 9.17) is 0 Å². The van der Waals surface area contributed by atoms with Crippen molar-refractivity contribution in [2.45, 2.75) is 50.7 Å². The number of halogens is 3. The lowest BCUT2D eigenvalue weighted by Gasteiger charge is -2.36. The number of aromatic nitrogens is 1. The van der Waals surface area contributed by atoms with Crippen molar-refractivity contribution in [3.05, 3.63) is 23.9 Å². The summed E-state index contributed by atoms with van der Waals surface area (Å²) in [5.41, 5.74) is -1.71. The average molecular weight is 467 g/mol. The fourth-order valence-electron chi connectivity index (χ4n) is 5.01. The van der Waals surface area contributed by atoms with Crippen molar-refractivity contribution in [2.24, 2.45) is 5.92 Å². The fourth-order valence-corrected chi connectivity index (χ4v) is 5.01. The molecule has 3 heterocycles. The third kappa shape index (κ3) is 4.49. The number of carbonyl (C=O) groups excluding carboxylic acids is 3. The molecule has 2 atom stereocenters. The Labute approximate surface area is 190 Å². The molecule has 8 nitrogen and oxygen atoms in total. The molecule has 11 heteroatoms. The normalized spacial score (nSPS) is 26.5. The summed E-state index contributed by atoms with van der Waals surface area (Å²) in [6.07, 6.45) is 0.274. The largest absolute Gasteiger partial charge is 0.417 e. The Kier molecular flexibility index (Phi) is 6.24. The number of amides is 4. The van der Waals surface area contributed by atoms with E-state index in [1.807, 2.05) is 11.8 Å². The molecule has 2 unspecified atom stereocenters. The molecule has 0 radical (unpaired) electrons. The summed E-state index contributed by atoms with van der Waals surface area (Å²) in [5, 5.41) is 2.85. The SMILES string of the molecule is CC1CCCCC12NC(=O)N(CC(=O)N1CCCN(c3ccc(C(F)(F)F)cn3)CC1)C2=O. The van der Waals surface area contributed by atoms with Gasteiger partial charge in [-0.15, -0.1) is 0 Å². The molecule has 0 bridgehead atoms. The molecule has 4 amide bonds. The van der Waals surface area contributed by atoms with Crippen LogP contribution in [0.25, 0.3) is 0 Å². The maximum atomic E-state index is 13.1. The van der Waals surface area contributed by atoms with Gasteiger partial charge in [0.05, 0.1) is 5.56 Å². The molecule has 4 rings (SSSR count). The molecule has 180 valence electrons. The van der Waals surface area contributed by atoms with Crippen molar-refractivity contribution < 1.29 is 27.6 Å². The van der Waals surface area contributed by atoms with E-state index in [9.17, 15) is 27.6 Å². The van der Waals surface area contributed by atoms with Crippen molar-refractivity contribution >= 4 is 23.7 Å². The fraction of sp³-hybridized carbons (Fsp3) is 0.636. The highest BCUT2D eigenvalue weighted by atomic mass is 19.4. The molecule has 2 aliphatic heterocycles. The Bertz CT molecular complexity index is 923. The average Bonchev–Trinajstić information content (AvgIpc) is 2.94. The zero-order valence-electron chi connectivity index (χ0n) is 18.5. The lowest BCUT2D eigenvalue weighted by molar-refractivity contribution is -0.140. The standard InChI is InChI=1S/C22H28F3N5O3/c1-15-5-2-3-8-21(15)19(32)30(20(33)27-21)14-18(31)29-10-4-9-28(11-12-29)17-7-6-16(13-26-17)22(23,24)25/h6-7,13,15H,2-5,8-12,14H2,1H3,(H,27,33). The molecule has 2 saturated heterocycles. The highest BCUT2D eigenvalue weighted by Gasteiger charge is 2.55. The summed E-state index contributed by atoms with van der Waals surface area (Å²) in [6, 6.07) is 1.81. The first-order valence-corrected chi connectivity index (χ1v) is 11.3. The number of carbonyl (C=O) groups is 3. The van der Waals surface area contributed by atoms with Crippen LogP contribution >= 0.6 is 0 Å². The highest BCUT2D eigenvalue weighted by molar-refractivity contribution is 6.09. The van der Waals surface area contributed by atoms with Crippen molar-refractivity contribution in [3.8, 4) is 0 Å². The first-order chi connectivity index (χ1) is 15.6. The van der Waals surface area contributed by atoms with E-state index in [1.54, 1.807) is 4.90 Å². The number of hydrogen-bond acceptors (Lipinski definition) is 5. The molecule has 33 heavy (non-hydrogen) atoms. The van der Waals surface area contributed by atoms with Gasteiger partial charge in [-0.2, -0.15) is 13.2 Å². The van der Waals surface area contributed by atoms with Gasteiger partial charge in [0.25, 0.3) is 5.91 Å². The van der Waals surface area contributed by atoms with Gasteiger partial charge in [0.1, 0.15) is 17.9 Å². The van der Waals surface area contributed by atoms with Crippen LogP contribution in [0.3, 0.4) is 0 Å². The summed E-state index contributed by atoms with van der Waals surface area (Å²) in [7, 11) is 0. The van der Waals surface area contributed by atoms with Crippen LogP contribution in [-0.4, -0.2) is 70.9 Å². The first kappa shape index (κ1) is 23.3. The number of nitrogens with zero attached hydrogens (tertiary/aromatic N) is 4. The van der Waals surface area contributed by atoms with E-state index in [1.165, 1.54) is 6.07 Å². The van der Waals surface area contributed by atoms with E-state index in [0.717, 1.165) is 36.4 Å². The molecule has 1 N–H and O–H groups in total. The number of hydrogen-bond donors (Lipinski definition) is 1. The molecule has 1 aromatic rings. The summed E-state index contributed by atoms with van der Waals surface area (Å²) in [6.45, 7) is 3.34. The van der Waals surface area contributed by atoms with Gasteiger partial charge in [-0.3, -0.25) is 14.5 Å². The Morgan fingerprint density at radius 1 is 1.15 bits per heavy atom. The molecule has 1 aromatic heterocycles. The van der Waals surface area contributed by atoms with E-state index < -0.39 is 23.3 Å². The van der Waals surface area contributed by atoms with Crippen LogP contribution in [0.1, 0.15) is 44.6 Å². The number of anilines is 1. The molecule has 1 saturated carbocycles. The summed E-state index contributed by atoms with van der Waals surface area (Å²) in [5.74, 6) is -0.204. The van der Waals surface area contributed by atoms with Gasteiger partial charge in [0.15, 0.2) is 0 Å². The van der Waals surface area contributed by atoms with Crippen molar-refractivity contribution in [3.63, 3.8) is 0 Å². The quantitative estimate of drug-likeness (QED) is 0.691. The summed E-state index contributed by atoms with van der Waals surface area (Å²) in [4.78, 5) is 47.0. The van der Waals surface area contributed by atoms with E-state index >= 15 is 0 Å². The van der Waals surface area contributed by atoms with Crippen LogP contribution < -0.4 is 10.2 Å². The number of imide groups is 1. The molecule has 3 aliphatic rings. The molecule has 1 aliphatic carbocycles. The lowest BCUT2D eigenvalue weighted by atomic mass is 9.73. The van der Waals surface area contributed by atoms with Crippen molar-refractivity contribution in [2.75, 3.05) is 37.6 Å². The highest BCUT2D eigenvalue weighted by Crippen LogP contribution is 2.38. The lowest BCUT2D eigenvalue weighted by Crippen LogP contribution is -2.54. The number of pyridine rings is 1. The van der Waals surface area contributed by atoms with Crippen molar-refractivity contribution in [1.82, 2.24) is 20.1 Å². The third-order valence-electron chi connectivity index (χ3n) is 7.04. The minimum absolute atomic E-state index is 0.0192. The summed E-state index contributed by atoms with van der Waals surface area (Å²) < 4.78 is 38.3. The number of urea groups is 1. The minimum atomic E-state index is -4.44. The Morgan fingerprint density at radius 3 is 2.61 bits per heavy atom. The number of alkyl halides is 3. The van der Waals surface area contributed by atoms with Gasteiger partial charge in [0.2, 0.25) is 5.91 Å². The maximum Gasteiger partial charge on any atom is 0.417 e. The van der Waals surface area contributed by atoms with Crippen LogP contribution in [0, 0.1) is 5.92 Å². The third-order valence-corrected chi connectivity index (χ3v) is 7.04. The van der Waals surface area contributed by atoms with Gasteiger partial charge >= 0.3 is 12.2 Å². The van der Waals surface area contributed by atoms with Gasteiger partial charge < -0.3 is 15.1 Å². The number of rotatable bonds is 3. The first-order valence-electron chi connectivity index (χ1n) is 11.3. The minimum Gasteiger partial charge on any atom is -0.355 e. The molecular weight excluding hydrogens is 439 g/mol. The second-order valence-corrected chi connectivity index (χ2v) is 9.06. The molecular formula is C22H28F3N5O3. The van der Waals surface area contributed by atoms with E-state index in [2.05, 4.69) is 10.3 Å². The predicted octanol–water partition coefficient (Wildman–Crippen LogP) is 2.64. The molecule has 0 aromatic carbocycles. The maximum absolute atomic E-state index is 13.1. The monoisotopic (exact) mass is 467 g/mol. The van der Waals surface area contributed by atoms with Gasteiger partial charge in [0, 0.05) is 32.4 Å². The number of nitrogens with one attached hydrogen (secondary N) is 1. The topological polar surface area (TPSA) is 85.8 Å². The zero-order valence-corrected chi connectivity index (χ0v) is 18.5. The Hall–Kier alpha value is -2.85. The van der Waals surface area contributed by atoms with Crippen LogP contribution in [0.2, 0.25) is 0 Å². The van der Waals surface area contributed by atoms with Crippen LogP contribution in [-0.2, 0) is 15.8 Å². The predicted molar refractivity (Wildman–Crippen MR) is 113 cm³/mol. The van der Waals surface area contributed by atoms with Gasteiger partial charge in [-0.25, -0.2) is 9.78 Å². The smallest absolute Gasteiger partial charge is 0.355 e. The van der Waals surface area contributed by atoms with Crippen LogP contribution in [0.4, 0.5) is 23.8 Å². The summed E-state index contributed by atoms with van der Waals surface area (Å²) >= 11 is 0. The van der Waals surface area contributed by atoms with Crippen molar-refractivity contribution in [1.29, 1.82) is 0 Å². The van der Waals surface area contributed by atoms with Gasteiger partial charge in [-0.1, -0.05) is 19.8 Å². The second kappa shape index (κ2) is 8.83. The van der Waals surface area contributed by atoms with Gasteiger partial charge in [-0.05, 0) is 37.3 Å².